The molecule has 0 aliphatic rings. The van der Waals surface area contributed by atoms with E-state index in [2.05, 4.69) is 10.4 Å². The van der Waals surface area contributed by atoms with Gasteiger partial charge in [0.2, 0.25) is 0 Å². The highest BCUT2D eigenvalue weighted by atomic mass is 35.5. The van der Waals surface area contributed by atoms with Crippen LogP contribution in [0.2, 0.25) is 20.1 Å². The molecule has 0 saturated carbocycles. The molecule has 2 heterocycles. The van der Waals surface area contributed by atoms with E-state index in [1.54, 1.807) is 47.3 Å². The maximum Gasteiger partial charge on any atom is 0.292 e. The fourth-order valence-electron chi connectivity index (χ4n) is 2.85. The minimum atomic E-state index is -0.490. The first kappa shape index (κ1) is 22.6. The minimum Gasteiger partial charge on any atom is -0.484 e. The van der Waals surface area contributed by atoms with Crippen LogP contribution in [0, 0.1) is 0 Å². The van der Waals surface area contributed by atoms with E-state index in [4.69, 9.17) is 55.6 Å². The number of para-hydroxylation sites is 1. The summed E-state index contributed by atoms with van der Waals surface area (Å²) in [5.41, 5.74) is 0.880. The van der Waals surface area contributed by atoms with Crippen LogP contribution in [-0.4, -0.2) is 15.7 Å². The lowest BCUT2D eigenvalue weighted by Crippen LogP contribution is -2.12. The van der Waals surface area contributed by atoms with Crippen LogP contribution < -0.4 is 10.1 Å². The largest absolute Gasteiger partial charge is 0.484 e. The Kier molecular flexibility index (Phi) is 6.96. The molecule has 0 fully saturated rings. The molecule has 0 atom stereocenters. The number of ether oxygens (including phenoxy) is 1. The number of hydrogen-bond donors (Lipinski definition) is 1. The molecule has 4 rings (SSSR count). The number of nitrogens with zero attached hydrogens (tertiary/aromatic N) is 2. The van der Waals surface area contributed by atoms with Crippen molar-refractivity contribution in [2.24, 2.45) is 0 Å². The van der Waals surface area contributed by atoms with Gasteiger partial charge in [-0.05, 0) is 42.0 Å². The van der Waals surface area contributed by atoms with E-state index in [1.165, 1.54) is 0 Å². The number of carbonyl (C=O) groups excluding carboxylic acids is 1. The summed E-state index contributed by atoms with van der Waals surface area (Å²) in [6.07, 6.45) is 1.60. The average molecular weight is 511 g/mol. The second-order valence-corrected chi connectivity index (χ2v) is 8.34. The standard InChI is InChI=1S/C22H15Cl4N3O3/c23-15-7-5-13(9-17(15)25)10-29-11-18(26)21(28-29)27-22(30)20-8-6-14(32-20)12-31-19-4-2-1-3-16(19)24/h1-9,11H,10,12H2,(H,27,28,30). The molecule has 1 N–H and O–H groups in total. The third-order valence-electron chi connectivity index (χ3n) is 4.37. The predicted octanol–water partition coefficient (Wildman–Crippen LogP) is 6.97. The van der Waals surface area contributed by atoms with Crippen LogP contribution in [-0.2, 0) is 13.2 Å². The zero-order valence-corrected chi connectivity index (χ0v) is 19.3. The van der Waals surface area contributed by atoms with Gasteiger partial charge in [0.05, 0.1) is 21.6 Å². The molecule has 0 aliphatic heterocycles. The Morgan fingerprint density at radius 3 is 2.56 bits per heavy atom. The van der Waals surface area contributed by atoms with Gasteiger partial charge in [-0.15, -0.1) is 0 Å². The smallest absolute Gasteiger partial charge is 0.292 e. The molecule has 6 nitrogen and oxygen atoms in total. The fraction of sp³-hybridized carbons (Fsp3) is 0.0909. The van der Waals surface area contributed by atoms with Crippen LogP contribution in [0.3, 0.4) is 0 Å². The number of rotatable bonds is 7. The molecule has 10 heteroatoms. The molecule has 0 radical (unpaired) electrons. The normalized spacial score (nSPS) is 10.9. The third kappa shape index (κ3) is 5.40. The van der Waals surface area contributed by atoms with Gasteiger partial charge >= 0.3 is 0 Å². The summed E-state index contributed by atoms with van der Waals surface area (Å²) in [5, 5.41) is 8.64. The van der Waals surface area contributed by atoms with Crippen LogP contribution in [0.25, 0.3) is 0 Å². The van der Waals surface area contributed by atoms with E-state index in [-0.39, 0.29) is 23.2 Å². The molecular formula is C22H15Cl4N3O3. The molecule has 0 bridgehead atoms. The molecular weight excluding hydrogens is 496 g/mol. The van der Waals surface area contributed by atoms with Crippen LogP contribution in [0.15, 0.2) is 65.2 Å². The summed E-state index contributed by atoms with van der Waals surface area (Å²) < 4.78 is 12.8. The number of furan rings is 1. The van der Waals surface area contributed by atoms with Crippen molar-refractivity contribution in [3.05, 3.63) is 98.0 Å². The summed E-state index contributed by atoms with van der Waals surface area (Å²) in [7, 11) is 0. The molecule has 0 saturated heterocycles. The summed E-state index contributed by atoms with van der Waals surface area (Å²) in [5.74, 6) is 0.803. The van der Waals surface area contributed by atoms with Crippen molar-refractivity contribution in [2.75, 3.05) is 5.32 Å². The monoisotopic (exact) mass is 509 g/mol. The Morgan fingerprint density at radius 2 is 1.78 bits per heavy atom. The summed E-state index contributed by atoms with van der Waals surface area (Å²) in [4.78, 5) is 12.6. The molecule has 2 aromatic carbocycles. The Hall–Kier alpha value is -2.64. The Labute approximate surface area is 203 Å². The predicted molar refractivity (Wildman–Crippen MR) is 125 cm³/mol. The number of aromatic nitrogens is 2. The first-order chi connectivity index (χ1) is 15.4. The van der Waals surface area contributed by atoms with Crippen molar-refractivity contribution < 1.29 is 13.9 Å². The number of amides is 1. The summed E-state index contributed by atoms with van der Waals surface area (Å²) in [6, 6.07) is 15.6. The summed E-state index contributed by atoms with van der Waals surface area (Å²) >= 11 is 24.3. The average Bonchev–Trinajstić information content (AvgIpc) is 3.37. The number of carbonyl (C=O) groups is 1. The first-order valence-electron chi connectivity index (χ1n) is 9.33. The highest BCUT2D eigenvalue weighted by molar-refractivity contribution is 6.42. The first-order valence-corrected chi connectivity index (χ1v) is 10.8. The van der Waals surface area contributed by atoms with Crippen molar-refractivity contribution in [2.45, 2.75) is 13.2 Å². The maximum absolute atomic E-state index is 12.6. The molecule has 0 aliphatic carbocycles. The Bertz CT molecular complexity index is 1270. The van der Waals surface area contributed by atoms with Crippen LogP contribution >= 0.6 is 46.4 Å². The van der Waals surface area contributed by atoms with Crippen molar-refractivity contribution in [3.63, 3.8) is 0 Å². The van der Waals surface area contributed by atoms with E-state index in [9.17, 15) is 4.79 Å². The van der Waals surface area contributed by atoms with Crippen LogP contribution in [0.5, 0.6) is 5.75 Å². The van der Waals surface area contributed by atoms with Crippen LogP contribution in [0.1, 0.15) is 21.9 Å². The molecule has 0 unspecified atom stereocenters. The number of nitrogens with one attached hydrogen (secondary N) is 1. The second kappa shape index (κ2) is 9.88. The van der Waals surface area contributed by atoms with Gasteiger partial charge in [0.1, 0.15) is 23.1 Å². The fourth-order valence-corrected chi connectivity index (χ4v) is 3.55. The van der Waals surface area contributed by atoms with E-state index < -0.39 is 5.91 Å². The lowest BCUT2D eigenvalue weighted by molar-refractivity contribution is 0.0992. The zero-order valence-electron chi connectivity index (χ0n) is 16.3. The van der Waals surface area contributed by atoms with Gasteiger partial charge in [0.25, 0.3) is 5.91 Å². The lowest BCUT2D eigenvalue weighted by Gasteiger charge is -2.05. The third-order valence-corrected chi connectivity index (χ3v) is 5.70. The highest BCUT2D eigenvalue weighted by Gasteiger charge is 2.16. The number of hydrogen-bond acceptors (Lipinski definition) is 4. The van der Waals surface area contributed by atoms with Crippen molar-refractivity contribution >= 4 is 58.1 Å². The highest BCUT2D eigenvalue weighted by Crippen LogP contribution is 2.26. The molecule has 2 aromatic heterocycles. The van der Waals surface area contributed by atoms with Gasteiger partial charge in [-0.1, -0.05) is 64.6 Å². The number of halogens is 4. The molecule has 0 spiro atoms. The molecule has 164 valence electrons. The molecule has 1 amide bonds. The van der Waals surface area contributed by atoms with Crippen molar-refractivity contribution in [3.8, 4) is 5.75 Å². The molecule has 32 heavy (non-hydrogen) atoms. The van der Waals surface area contributed by atoms with Gasteiger partial charge < -0.3 is 14.5 Å². The van der Waals surface area contributed by atoms with Crippen molar-refractivity contribution in [1.29, 1.82) is 0 Å². The molecule has 4 aromatic rings. The van der Waals surface area contributed by atoms with Gasteiger partial charge in [-0.3, -0.25) is 9.48 Å². The quantitative estimate of drug-likeness (QED) is 0.291. The topological polar surface area (TPSA) is 69.3 Å². The van der Waals surface area contributed by atoms with Crippen LogP contribution in [0.4, 0.5) is 5.82 Å². The minimum absolute atomic E-state index is 0.0952. The van der Waals surface area contributed by atoms with E-state index >= 15 is 0 Å². The van der Waals surface area contributed by atoms with Gasteiger partial charge in [0, 0.05) is 6.20 Å². The SMILES string of the molecule is O=C(Nc1nn(Cc2ccc(Cl)c(Cl)c2)cc1Cl)c1ccc(COc2ccccc2Cl)o1. The second-order valence-electron chi connectivity index (χ2n) is 6.71. The Balaban J connectivity index is 1.39. The van der Waals surface area contributed by atoms with Gasteiger partial charge in [-0.2, -0.15) is 5.10 Å². The van der Waals surface area contributed by atoms with E-state index in [0.29, 0.717) is 33.1 Å². The lowest BCUT2D eigenvalue weighted by atomic mass is 10.2. The Morgan fingerprint density at radius 1 is 0.969 bits per heavy atom. The van der Waals surface area contributed by atoms with Crippen molar-refractivity contribution in [1.82, 2.24) is 9.78 Å². The maximum atomic E-state index is 12.6. The summed E-state index contributed by atoms with van der Waals surface area (Å²) in [6.45, 7) is 0.521. The van der Waals surface area contributed by atoms with Gasteiger partial charge in [0.15, 0.2) is 11.6 Å². The van der Waals surface area contributed by atoms with Gasteiger partial charge in [-0.25, -0.2) is 0 Å². The van der Waals surface area contributed by atoms with E-state index in [0.717, 1.165) is 5.56 Å². The number of anilines is 1. The van der Waals surface area contributed by atoms with E-state index in [1.807, 2.05) is 18.2 Å². The zero-order chi connectivity index (χ0) is 22.7. The number of benzene rings is 2.